The van der Waals surface area contributed by atoms with Gasteiger partial charge in [0.1, 0.15) is 0 Å². The lowest BCUT2D eigenvalue weighted by molar-refractivity contribution is -0.000617. The molecule has 2 aromatic heterocycles. The van der Waals surface area contributed by atoms with Gasteiger partial charge in [0, 0.05) is 37.1 Å². The second-order valence-corrected chi connectivity index (χ2v) is 8.15. The molecule has 1 saturated heterocycles. The Balaban J connectivity index is 1.33. The van der Waals surface area contributed by atoms with Crippen molar-refractivity contribution in [2.45, 2.75) is 50.7 Å². The van der Waals surface area contributed by atoms with Crippen molar-refractivity contribution >= 4 is 0 Å². The highest BCUT2D eigenvalue weighted by Gasteiger charge is 2.34. The molecular formula is C21H28N4O2. The summed E-state index contributed by atoms with van der Waals surface area (Å²) >= 11 is 0. The molecule has 0 unspecified atom stereocenters. The Bertz CT molecular complexity index is 806. The summed E-state index contributed by atoms with van der Waals surface area (Å²) in [5.74, 6) is 0.491. The van der Waals surface area contributed by atoms with Gasteiger partial charge in [0.15, 0.2) is 0 Å². The number of hydrogen-bond donors (Lipinski definition) is 1. The van der Waals surface area contributed by atoms with Crippen LogP contribution in [0.15, 0.2) is 41.7 Å². The maximum Gasteiger partial charge on any atom is 0.253 e. The van der Waals surface area contributed by atoms with Gasteiger partial charge in [-0.1, -0.05) is 12.8 Å². The van der Waals surface area contributed by atoms with Crippen LogP contribution in [0.1, 0.15) is 38.5 Å². The van der Waals surface area contributed by atoms with E-state index in [0.717, 1.165) is 70.3 Å². The molecule has 0 aromatic carbocycles. The third-order valence-electron chi connectivity index (χ3n) is 6.07. The predicted molar refractivity (Wildman–Crippen MR) is 104 cm³/mol. The molecular weight excluding hydrogens is 340 g/mol. The van der Waals surface area contributed by atoms with Crippen LogP contribution in [0.3, 0.4) is 0 Å². The lowest BCUT2D eigenvalue weighted by atomic mass is 9.94. The van der Waals surface area contributed by atoms with Crippen LogP contribution in [-0.2, 0) is 6.54 Å². The number of piperidine rings is 1. The van der Waals surface area contributed by atoms with Gasteiger partial charge in [-0.15, -0.1) is 0 Å². The van der Waals surface area contributed by atoms with Crippen molar-refractivity contribution in [1.82, 2.24) is 19.4 Å². The van der Waals surface area contributed by atoms with E-state index in [1.807, 2.05) is 12.1 Å². The van der Waals surface area contributed by atoms with E-state index in [1.54, 1.807) is 29.4 Å². The maximum absolute atomic E-state index is 12.5. The van der Waals surface area contributed by atoms with Gasteiger partial charge >= 0.3 is 0 Å². The SMILES string of the molecule is O=c1cc(-c2ccncc2)ncn1CC1CCN(CC2(O)CCCC2)CC1. The van der Waals surface area contributed by atoms with Gasteiger partial charge in [0.25, 0.3) is 5.56 Å². The molecule has 1 saturated carbocycles. The molecule has 0 atom stereocenters. The summed E-state index contributed by atoms with van der Waals surface area (Å²) in [5, 5.41) is 10.6. The van der Waals surface area contributed by atoms with Crippen molar-refractivity contribution in [2.24, 2.45) is 5.92 Å². The number of likely N-dealkylation sites (tertiary alicyclic amines) is 1. The Morgan fingerprint density at radius 3 is 2.52 bits per heavy atom. The summed E-state index contributed by atoms with van der Waals surface area (Å²) in [6.45, 7) is 3.54. The normalized spacial score (nSPS) is 20.8. The van der Waals surface area contributed by atoms with Crippen molar-refractivity contribution in [3.05, 3.63) is 47.3 Å². The van der Waals surface area contributed by atoms with Crippen LogP contribution in [0.4, 0.5) is 0 Å². The van der Waals surface area contributed by atoms with Crippen LogP contribution < -0.4 is 5.56 Å². The minimum atomic E-state index is -0.462. The molecule has 2 aromatic rings. The Hall–Kier alpha value is -2.05. The molecule has 3 heterocycles. The van der Waals surface area contributed by atoms with Crippen molar-refractivity contribution in [3.8, 4) is 11.3 Å². The van der Waals surface area contributed by atoms with Gasteiger partial charge in [0.2, 0.25) is 0 Å². The largest absolute Gasteiger partial charge is 0.389 e. The first-order valence-electron chi connectivity index (χ1n) is 10.0. The minimum absolute atomic E-state index is 0.000455. The smallest absolute Gasteiger partial charge is 0.253 e. The summed E-state index contributed by atoms with van der Waals surface area (Å²) in [4.78, 5) is 23.3. The molecule has 1 N–H and O–H groups in total. The van der Waals surface area contributed by atoms with Gasteiger partial charge in [-0.05, 0) is 56.8 Å². The Morgan fingerprint density at radius 2 is 1.85 bits per heavy atom. The Kier molecular flexibility index (Phi) is 5.36. The monoisotopic (exact) mass is 368 g/mol. The molecule has 0 radical (unpaired) electrons. The molecule has 6 nitrogen and oxygen atoms in total. The summed E-state index contributed by atoms with van der Waals surface area (Å²) in [6, 6.07) is 5.33. The van der Waals surface area contributed by atoms with E-state index >= 15 is 0 Å². The second-order valence-electron chi connectivity index (χ2n) is 8.15. The van der Waals surface area contributed by atoms with E-state index in [1.165, 1.54) is 0 Å². The third kappa shape index (κ3) is 4.45. The Labute approximate surface area is 159 Å². The maximum atomic E-state index is 12.5. The van der Waals surface area contributed by atoms with Crippen LogP contribution >= 0.6 is 0 Å². The van der Waals surface area contributed by atoms with Gasteiger partial charge in [0.05, 0.1) is 17.6 Å². The van der Waals surface area contributed by atoms with E-state index in [4.69, 9.17) is 0 Å². The summed E-state index contributed by atoms with van der Waals surface area (Å²) < 4.78 is 1.73. The molecule has 4 rings (SSSR count). The van der Waals surface area contributed by atoms with E-state index in [-0.39, 0.29) is 5.56 Å². The molecule has 0 bridgehead atoms. The molecule has 1 aliphatic heterocycles. The van der Waals surface area contributed by atoms with Gasteiger partial charge < -0.3 is 10.0 Å². The van der Waals surface area contributed by atoms with E-state index < -0.39 is 5.60 Å². The highest BCUT2D eigenvalue weighted by molar-refractivity contribution is 5.57. The van der Waals surface area contributed by atoms with Crippen molar-refractivity contribution in [1.29, 1.82) is 0 Å². The number of aromatic nitrogens is 3. The van der Waals surface area contributed by atoms with Gasteiger partial charge in [-0.2, -0.15) is 0 Å². The lowest BCUT2D eigenvalue weighted by Gasteiger charge is -2.36. The highest BCUT2D eigenvalue weighted by Crippen LogP contribution is 2.31. The zero-order valence-corrected chi connectivity index (χ0v) is 15.8. The van der Waals surface area contributed by atoms with Crippen molar-refractivity contribution < 1.29 is 5.11 Å². The fourth-order valence-electron chi connectivity index (χ4n) is 4.46. The molecule has 0 spiro atoms. The molecule has 2 aliphatic rings. The number of aliphatic hydroxyl groups is 1. The van der Waals surface area contributed by atoms with Crippen LogP contribution in [0.5, 0.6) is 0 Å². The van der Waals surface area contributed by atoms with Gasteiger partial charge in [-0.3, -0.25) is 14.3 Å². The predicted octanol–water partition coefficient (Wildman–Crippen LogP) is 2.32. The number of pyridine rings is 1. The lowest BCUT2D eigenvalue weighted by Crippen LogP contribution is -2.45. The molecule has 1 aliphatic carbocycles. The number of rotatable bonds is 5. The van der Waals surface area contributed by atoms with Crippen molar-refractivity contribution in [2.75, 3.05) is 19.6 Å². The first-order chi connectivity index (χ1) is 13.1. The van der Waals surface area contributed by atoms with E-state index in [0.29, 0.717) is 11.6 Å². The van der Waals surface area contributed by atoms with Crippen LogP contribution in [0, 0.1) is 5.92 Å². The average Bonchev–Trinajstić information content (AvgIpc) is 3.12. The second kappa shape index (κ2) is 7.90. The fraction of sp³-hybridized carbons (Fsp3) is 0.571. The molecule has 27 heavy (non-hydrogen) atoms. The van der Waals surface area contributed by atoms with E-state index in [9.17, 15) is 9.90 Å². The Morgan fingerprint density at radius 1 is 1.15 bits per heavy atom. The summed E-state index contributed by atoms with van der Waals surface area (Å²) in [5.41, 5.74) is 1.14. The van der Waals surface area contributed by atoms with E-state index in [2.05, 4.69) is 14.9 Å². The first-order valence-corrected chi connectivity index (χ1v) is 10.0. The quantitative estimate of drug-likeness (QED) is 0.877. The fourth-order valence-corrected chi connectivity index (χ4v) is 4.46. The number of nitrogens with zero attached hydrogens (tertiary/aromatic N) is 4. The van der Waals surface area contributed by atoms with Crippen LogP contribution in [0.25, 0.3) is 11.3 Å². The molecule has 0 amide bonds. The van der Waals surface area contributed by atoms with Crippen LogP contribution in [0.2, 0.25) is 0 Å². The highest BCUT2D eigenvalue weighted by atomic mass is 16.3. The standard InChI is InChI=1S/C21H28N4O2/c26-20-13-19(18-3-9-22-10-4-18)23-16-25(20)14-17-5-11-24(12-6-17)15-21(27)7-1-2-8-21/h3-4,9-10,13,16-17,27H,1-2,5-8,11-12,14-15H2. The topological polar surface area (TPSA) is 71.2 Å². The van der Waals surface area contributed by atoms with Gasteiger partial charge in [-0.25, -0.2) is 4.98 Å². The zero-order chi connectivity index (χ0) is 18.7. The van der Waals surface area contributed by atoms with Crippen LogP contribution in [-0.4, -0.2) is 49.8 Å². The van der Waals surface area contributed by atoms with Crippen molar-refractivity contribution in [3.63, 3.8) is 0 Å². The third-order valence-corrected chi connectivity index (χ3v) is 6.07. The summed E-state index contributed by atoms with van der Waals surface area (Å²) in [6.07, 6.45) is 11.4. The molecule has 144 valence electrons. The zero-order valence-electron chi connectivity index (χ0n) is 15.8. The summed E-state index contributed by atoms with van der Waals surface area (Å²) in [7, 11) is 0. The molecule has 2 fully saturated rings. The first kappa shape index (κ1) is 18.3. The number of β-amino-alcohol motifs (C(OH)–C–C–N with tert-alkyl or cyclic N) is 1. The minimum Gasteiger partial charge on any atom is -0.389 e. The average molecular weight is 368 g/mol. The number of hydrogen-bond acceptors (Lipinski definition) is 5. The molecule has 6 heteroatoms.